The number of benzene rings is 1. The fraction of sp³-hybridized carbons (Fsp3) is 0.562. The quantitative estimate of drug-likeness (QED) is 0.754. The number of nitrogens with one attached hydrogen (secondary N) is 2. The maximum absolute atomic E-state index is 11.5. The molecule has 1 aliphatic carbocycles. The van der Waals surface area contributed by atoms with Crippen LogP contribution in [-0.2, 0) is 11.3 Å². The minimum Gasteiger partial charge on any atom is -0.492 e. The van der Waals surface area contributed by atoms with Gasteiger partial charge in [-0.15, -0.1) is 0 Å². The van der Waals surface area contributed by atoms with E-state index in [2.05, 4.69) is 38.7 Å². The Kier molecular flexibility index (Phi) is 6.06. The molecule has 1 aromatic carbocycles. The third-order valence-corrected chi connectivity index (χ3v) is 3.82. The fourth-order valence-electron chi connectivity index (χ4n) is 1.97. The third kappa shape index (κ3) is 6.06. The highest BCUT2D eigenvalue weighted by atomic mass is 79.9. The van der Waals surface area contributed by atoms with Gasteiger partial charge < -0.3 is 15.4 Å². The fourth-order valence-corrected chi connectivity index (χ4v) is 2.51. The SMILES string of the molecule is CC(C)NC(=O)CCOc1ccc(CNC2CC2)cc1Br. The van der Waals surface area contributed by atoms with E-state index in [1.165, 1.54) is 18.4 Å². The summed E-state index contributed by atoms with van der Waals surface area (Å²) in [5, 5.41) is 6.33. The van der Waals surface area contributed by atoms with E-state index in [4.69, 9.17) is 4.74 Å². The zero-order valence-corrected chi connectivity index (χ0v) is 14.2. The number of carbonyl (C=O) groups is 1. The first-order chi connectivity index (χ1) is 10.0. The molecule has 4 nitrogen and oxygen atoms in total. The van der Waals surface area contributed by atoms with Crippen molar-refractivity contribution in [2.24, 2.45) is 0 Å². The van der Waals surface area contributed by atoms with Crippen LogP contribution in [0.25, 0.3) is 0 Å². The molecule has 1 aliphatic rings. The molecule has 5 heteroatoms. The van der Waals surface area contributed by atoms with Gasteiger partial charge in [0.05, 0.1) is 17.5 Å². The van der Waals surface area contributed by atoms with Gasteiger partial charge in [0.2, 0.25) is 5.91 Å². The van der Waals surface area contributed by atoms with Crippen LogP contribution in [0.15, 0.2) is 22.7 Å². The number of carbonyl (C=O) groups excluding carboxylic acids is 1. The topological polar surface area (TPSA) is 50.4 Å². The molecule has 0 bridgehead atoms. The van der Waals surface area contributed by atoms with Crippen LogP contribution in [0, 0.1) is 0 Å². The first kappa shape index (κ1) is 16.3. The summed E-state index contributed by atoms with van der Waals surface area (Å²) < 4.78 is 6.59. The summed E-state index contributed by atoms with van der Waals surface area (Å²) in [6.07, 6.45) is 2.96. The van der Waals surface area contributed by atoms with Crippen molar-refractivity contribution < 1.29 is 9.53 Å². The van der Waals surface area contributed by atoms with Gasteiger partial charge in [-0.2, -0.15) is 0 Å². The summed E-state index contributed by atoms with van der Waals surface area (Å²) in [5.41, 5.74) is 1.23. The molecule has 2 N–H and O–H groups in total. The molecule has 0 aliphatic heterocycles. The highest BCUT2D eigenvalue weighted by molar-refractivity contribution is 9.10. The van der Waals surface area contributed by atoms with Crippen LogP contribution in [0.5, 0.6) is 5.75 Å². The standard InChI is InChI=1S/C16H23BrN2O2/c1-11(2)19-16(20)7-8-21-15-6-3-12(9-14(15)17)10-18-13-4-5-13/h3,6,9,11,13,18H,4-5,7-8,10H2,1-2H3,(H,19,20). The molecule has 0 spiro atoms. The van der Waals surface area contributed by atoms with Gasteiger partial charge in [0.1, 0.15) is 5.75 Å². The first-order valence-corrected chi connectivity index (χ1v) is 8.28. The van der Waals surface area contributed by atoms with E-state index >= 15 is 0 Å². The molecule has 116 valence electrons. The maximum Gasteiger partial charge on any atom is 0.223 e. The Labute approximate surface area is 134 Å². The number of hydrogen-bond acceptors (Lipinski definition) is 3. The Hall–Kier alpha value is -1.07. The second kappa shape index (κ2) is 7.80. The zero-order chi connectivity index (χ0) is 15.2. The first-order valence-electron chi connectivity index (χ1n) is 7.48. The summed E-state index contributed by atoms with van der Waals surface area (Å²) in [6.45, 7) is 5.17. The third-order valence-electron chi connectivity index (χ3n) is 3.20. The number of ether oxygens (including phenoxy) is 1. The minimum atomic E-state index is 0.0198. The highest BCUT2D eigenvalue weighted by Gasteiger charge is 2.20. The van der Waals surface area contributed by atoms with Crippen molar-refractivity contribution in [3.63, 3.8) is 0 Å². The van der Waals surface area contributed by atoms with Gasteiger partial charge in [-0.3, -0.25) is 4.79 Å². The van der Waals surface area contributed by atoms with Crippen molar-refractivity contribution in [3.05, 3.63) is 28.2 Å². The van der Waals surface area contributed by atoms with Crippen molar-refractivity contribution in [2.75, 3.05) is 6.61 Å². The molecular formula is C16H23BrN2O2. The van der Waals surface area contributed by atoms with E-state index in [0.29, 0.717) is 19.1 Å². The second-order valence-electron chi connectivity index (χ2n) is 5.74. The number of hydrogen-bond donors (Lipinski definition) is 2. The summed E-state index contributed by atoms with van der Waals surface area (Å²) in [7, 11) is 0. The summed E-state index contributed by atoms with van der Waals surface area (Å²) >= 11 is 3.52. The van der Waals surface area contributed by atoms with E-state index in [-0.39, 0.29) is 11.9 Å². The monoisotopic (exact) mass is 354 g/mol. The molecule has 21 heavy (non-hydrogen) atoms. The van der Waals surface area contributed by atoms with Crippen LogP contribution in [0.3, 0.4) is 0 Å². The van der Waals surface area contributed by atoms with E-state index in [9.17, 15) is 4.79 Å². The Morgan fingerprint density at radius 1 is 1.43 bits per heavy atom. The van der Waals surface area contributed by atoms with Crippen LogP contribution in [0.4, 0.5) is 0 Å². The van der Waals surface area contributed by atoms with Gasteiger partial charge in [-0.05, 0) is 60.3 Å². The summed E-state index contributed by atoms with van der Waals surface area (Å²) in [4.78, 5) is 11.5. The molecule has 0 saturated heterocycles. The van der Waals surface area contributed by atoms with Crippen molar-refractivity contribution in [2.45, 2.75) is 51.7 Å². The zero-order valence-electron chi connectivity index (χ0n) is 12.6. The molecule has 2 rings (SSSR count). The van der Waals surface area contributed by atoms with Gasteiger partial charge in [0.25, 0.3) is 0 Å². The average Bonchev–Trinajstić information content (AvgIpc) is 3.22. The summed E-state index contributed by atoms with van der Waals surface area (Å²) in [6, 6.07) is 6.96. The molecule has 1 fully saturated rings. The average molecular weight is 355 g/mol. The molecule has 1 amide bonds. The van der Waals surface area contributed by atoms with E-state index < -0.39 is 0 Å². The molecule has 1 aromatic rings. The Bertz CT molecular complexity index is 487. The minimum absolute atomic E-state index is 0.0198. The Balaban J connectivity index is 1.76. The normalized spacial score (nSPS) is 14.3. The molecule has 0 atom stereocenters. The highest BCUT2D eigenvalue weighted by Crippen LogP contribution is 2.27. The lowest BCUT2D eigenvalue weighted by molar-refractivity contribution is -0.122. The molecule has 0 unspecified atom stereocenters. The van der Waals surface area contributed by atoms with Gasteiger partial charge in [-0.1, -0.05) is 6.07 Å². The smallest absolute Gasteiger partial charge is 0.223 e. The largest absolute Gasteiger partial charge is 0.492 e. The van der Waals surface area contributed by atoms with E-state index in [0.717, 1.165) is 16.8 Å². The van der Waals surface area contributed by atoms with Crippen molar-refractivity contribution >= 4 is 21.8 Å². The van der Waals surface area contributed by atoms with Crippen molar-refractivity contribution in [3.8, 4) is 5.75 Å². The molecule has 0 aromatic heterocycles. The van der Waals surface area contributed by atoms with Crippen LogP contribution < -0.4 is 15.4 Å². The van der Waals surface area contributed by atoms with Crippen LogP contribution in [0.2, 0.25) is 0 Å². The number of halogens is 1. The van der Waals surface area contributed by atoms with E-state index in [1.54, 1.807) is 0 Å². The van der Waals surface area contributed by atoms with Crippen LogP contribution in [0.1, 0.15) is 38.7 Å². The lowest BCUT2D eigenvalue weighted by atomic mass is 10.2. The lowest BCUT2D eigenvalue weighted by Crippen LogP contribution is -2.31. The van der Waals surface area contributed by atoms with Crippen LogP contribution in [-0.4, -0.2) is 24.6 Å². The Morgan fingerprint density at radius 2 is 2.19 bits per heavy atom. The number of amides is 1. The van der Waals surface area contributed by atoms with Gasteiger partial charge in [0, 0.05) is 18.6 Å². The predicted octanol–water partition coefficient (Wildman–Crippen LogP) is 2.99. The van der Waals surface area contributed by atoms with Gasteiger partial charge in [-0.25, -0.2) is 0 Å². The lowest BCUT2D eigenvalue weighted by Gasteiger charge is -2.11. The van der Waals surface area contributed by atoms with E-state index in [1.807, 2.05) is 19.9 Å². The molecule has 0 radical (unpaired) electrons. The maximum atomic E-state index is 11.5. The predicted molar refractivity (Wildman–Crippen MR) is 87.4 cm³/mol. The Morgan fingerprint density at radius 3 is 2.81 bits per heavy atom. The molecule has 0 heterocycles. The second-order valence-corrected chi connectivity index (χ2v) is 6.59. The molecular weight excluding hydrogens is 332 g/mol. The van der Waals surface area contributed by atoms with Crippen molar-refractivity contribution in [1.29, 1.82) is 0 Å². The molecule has 1 saturated carbocycles. The summed E-state index contributed by atoms with van der Waals surface area (Å²) in [5.74, 6) is 0.800. The van der Waals surface area contributed by atoms with Crippen LogP contribution >= 0.6 is 15.9 Å². The van der Waals surface area contributed by atoms with Crippen molar-refractivity contribution in [1.82, 2.24) is 10.6 Å². The van der Waals surface area contributed by atoms with Gasteiger partial charge in [0.15, 0.2) is 0 Å². The number of rotatable bonds is 8. The van der Waals surface area contributed by atoms with Gasteiger partial charge >= 0.3 is 0 Å².